The van der Waals surface area contributed by atoms with E-state index in [0.29, 0.717) is 5.92 Å². The molecular weight excluding hydrogens is 613 g/mol. The molecule has 0 saturated carbocycles. The van der Waals surface area contributed by atoms with Crippen LogP contribution in [0.15, 0.2) is 97.2 Å². The van der Waals surface area contributed by atoms with Gasteiger partial charge in [0.2, 0.25) is 0 Å². The maximum Gasteiger partial charge on any atom is 0.137 e. The highest BCUT2D eigenvalue weighted by Crippen LogP contribution is 2.38. The summed E-state index contributed by atoms with van der Waals surface area (Å²) in [6.07, 6.45) is 7.22. The van der Waals surface area contributed by atoms with E-state index in [0.717, 1.165) is 71.8 Å². The van der Waals surface area contributed by atoms with Crippen LogP contribution in [0.25, 0.3) is 44.4 Å². The second kappa shape index (κ2) is 14.0. The summed E-state index contributed by atoms with van der Waals surface area (Å²) in [5.41, 5.74) is 13.2. The van der Waals surface area contributed by atoms with Crippen LogP contribution in [0, 0.1) is 20.8 Å². The molecule has 0 aliphatic carbocycles. The van der Waals surface area contributed by atoms with Crippen molar-refractivity contribution < 1.29 is 4.74 Å². The number of hydrogen-bond donors (Lipinski definition) is 0. The number of fused-ring (bicyclic) bond motifs is 3. The smallest absolute Gasteiger partial charge is 0.137 e. The summed E-state index contributed by atoms with van der Waals surface area (Å²) in [7, 11) is 0. The maximum atomic E-state index is 6.79. The van der Waals surface area contributed by atoms with Crippen LogP contribution >= 0.6 is 0 Å². The third-order valence-electron chi connectivity index (χ3n) is 9.94. The van der Waals surface area contributed by atoms with E-state index in [9.17, 15) is 0 Å². The summed E-state index contributed by atoms with van der Waals surface area (Å²) >= 11 is 0. The van der Waals surface area contributed by atoms with Crippen LogP contribution in [0.3, 0.4) is 0 Å². The average molecular weight is 661 g/mol. The van der Waals surface area contributed by atoms with Crippen LogP contribution in [0.2, 0.25) is 0 Å². The predicted octanol–water partition coefficient (Wildman–Crippen LogP) is 12.2. The number of ether oxygens (including phenoxy) is 1. The Labute approximate surface area is 296 Å². The van der Waals surface area contributed by atoms with Gasteiger partial charge in [0.1, 0.15) is 17.3 Å². The standard InChI is InChI=1S/C45H48N4O/c1-8-10-18-41-45(44-30(5)15-13-16-31(44)6)32(7)47-49(41)35-25-34(29(3)4)26-37(27-35)50-36-20-21-39-38-17-11-12-19-40(38)48(42(39)28-36)43-24-33(14-9-2)22-23-46-43/h11-13,15-17,19-29H,8-10,14,18H2,1-7H3. The van der Waals surface area contributed by atoms with Gasteiger partial charge >= 0.3 is 0 Å². The molecule has 254 valence electrons. The molecule has 0 aliphatic rings. The quantitative estimate of drug-likeness (QED) is 0.139. The second-order valence-corrected chi connectivity index (χ2v) is 14.0. The van der Waals surface area contributed by atoms with E-state index in [4.69, 9.17) is 14.8 Å². The first kappa shape index (κ1) is 33.3. The number of para-hydroxylation sites is 1. The number of benzene rings is 4. The number of pyridine rings is 1. The minimum absolute atomic E-state index is 0.317. The lowest BCUT2D eigenvalue weighted by molar-refractivity contribution is 0.481. The molecule has 5 nitrogen and oxygen atoms in total. The molecule has 0 fully saturated rings. The highest BCUT2D eigenvalue weighted by molar-refractivity contribution is 6.09. The van der Waals surface area contributed by atoms with Crippen molar-refractivity contribution in [3.05, 3.63) is 131 Å². The Balaban J connectivity index is 1.35. The van der Waals surface area contributed by atoms with Gasteiger partial charge in [-0.05, 0) is 116 Å². The Morgan fingerprint density at radius 2 is 1.48 bits per heavy atom. The Kier molecular flexibility index (Phi) is 9.33. The lowest BCUT2D eigenvalue weighted by Gasteiger charge is -2.16. The van der Waals surface area contributed by atoms with E-state index >= 15 is 0 Å². The summed E-state index contributed by atoms with van der Waals surface area (Å²) in [5, 5.41) is 7.60. The van der Waals surface area contributed by atoms with Gasteiger partial charge in [-0.25, -0.2) is 9.67 Å². The fourth-order valence-electron chi connectivity index (χ4n) is 7.44. The van der Waals surface area contributed by atoms with Crippen molar-refractivity contribution in [2.24, 2.45) is 0 Å². The molecule has 0 unspecified atom stereocenters. The van der Waals surface area contributed by atoms with Crippen molar-refractivity contribution in [1.82, 2.24) is 19.3 Å². The van der Waals surface area contributed by atoms with Crippen LogP contribution < -0.4 is 4.74 Å². The molecule has 0 amide bonds. The highest BCUT2D eigenvalue weighted by atomic mass is 16.5. The summed E-state index contributed by atoms with van der Waals surface area (Å²) < 4.78 is 11.2. The molecule has 7 rings (SSSR count). The Bertz CT molecular complexity index is 2300. The second-order valence-electron chi connectivity index (χ2n) is 14.0. The Morgan fingerprint density at radius 3 is 2.24 bits per heavy atom. The van der Waals surface area contributed by atoms with Crippen LogP contribution in [0.1, 0.15) is 86.5 Å². The minimum Gasteiger partial charge on any atom is -0.457 e. The zero-order valence-electron chi connectivity index (χ0n) is 30.5. The van der Waals surface area contributed by atoms with Gasteiger partial charge in [-0.3, -0.25) is 4.57 Å². The van der Waals surface area contributed by atoms with Gasteiger partial charge in [0.05, 0.1) is 28.1 Å². The van der Waals surface area contributed by atoms with Crippen molar-refractivity contribution >= 4 is 21.8 Å². The average Bonchev–Trinajstić information content (AvgIpc) is 3.61. The van der Waals surface area contributed by atoms with Gasteiger partial charge < -0.3 is 4.74 Å². The lowest BCUT2D eigenvalue weighted by Crippen LogP contribution is -2.05. The molecule has 0 aliphatic heterocycles. The van der Waals surface area contributed by atoms with Gasteiger partial charge in [0.15, 0.2) is 0 Å². The SMILES string of the molecule is CCCCc1c(-c2c(C)cccc2C)c(C)nn1-c1cc(Oc2ccc3c4ccccc4n(-c4cc(CCC)ccn4)c3c2)cc(C(C)C)c1. The maximum absolute atomic E-state index is 6.79. The molecule has 0 atom stereocenters. The Hall–Kier alpha value is -5.16. The van der Waals surface area contributed by atoms with Crippen LogP contribution in [-0.4, -0.2) is 19.3 Å². The molecule has 3 aromatic heterocycles. The fraction of sp³-hybridized carbons (Fsp3) is 0.289. The van der Waals surface area contributed by atoms with Crippen LogP contribution in [-0.2, 0) is 12.8 Å². The molecule has 3 heterocycles. The van der Waals surface area contributed by atoms with Gasteiger partial charge in [-0.1, -0.05) is 76.9 Å². The molecule has 0 radical (unpaired) electrons. The fourth-order valence-corrected chi connectivity index (χ4v) is 7.44. The van der Waals surface area contributed by atoms with E-state index in [1.807, 2.05) is 6.20 Å². The summed E-state index contributed by atoms with van der Waals surface area (Å²) in [4.78, 5) is 4.84. The number of rotatable bonds is 11. The third kappa shape index (κ3) is 6.22. The van der Waals surface area contributed by atoms with Crippen molar-refractivity contribution in [1.29, 1.82) is 0 Å². The minimum atomic E-state index is 0.317. The van der Waals surface area contributed by atoms with Crippen molar-refractivity contribution in [3.63, 3.8) is 0 Å². The van der Waals surface area contributed by atoms with E-state index < -0.39 is 0 Å². The molecule has 7 aromatic rings. The summed E-state index contributed by atoms with van der Waals surface area (Å²) in [5.74, 6) is 2.84. The first-order valence-corrected chi connectivity index (χ1v) is 18.2. The van der Waals surface area contributed by atoms with Crippen molar-refractivity contribution in [2.75, 3.05) is 0 Å². The molecule has 0 N–H and O–H groups in total. The monoisotopic (exact) mass is 660 g/mol. The number of nitrogens with zero attached hydrogens (tertiary/aromatic N) is 4. The topological polar surface area (TPSA) is 44.9 Å². The van der Waals surface area contributed by atoms with Crippen LogP contribution in [0.5, 0.6) is 11.5 Å². The van der Waals surface area contributed by atoms with E-state index in [2.05, 4.69) is 149 Å². The molecule has 4 aromatic carbocycles. The van der Waals surface area contributed by atoms with E-state index in [1.165, 1.54) is 49.8 Å². The number of unbranched alkanes of at least 4 members (excludes halogenated alkanes) is 1. The highest BCUT2D eigenvalue weighted by Gasteiger charge is 2.22. The van der Waals surface area contributed by atoms with Crippen molar-refractivity contribution in [2.45, 2.75) is 86.5 Å². The molecule has 0 bridgehead atoms. The first-order valence-electron chi connectivity index (χ1n) is 18.2. The largest absolute Gasteiger partial charge is 0.457 e. The predicted molar refractivity (Wildman–Crippen MR) is 209 cm³/mol. The lowest BCUT2D eigenvalue weighted by atomic mass is 9.92. The third-order valence-corrected chi connectivity index (χ3v) is 9.94. The number of aryl methyl sites for hydroxylation is 4. The molecule has 0 saturated heterocycles. The normalized spacial score (nSPS) is 11.7. The zero-order chi connectivity index (χ0) is 34.9. The van der Waals surface area contributed by atoms with Gasteiger partial charge in [-0.2, -0.15) is 5.10 Å². The summed E-state index contributed by atoms with van der Waals surface area (Å²) in [6.45, 7) is 15.5. The molecule has 0 spiro atoms. The molecular formula is C45H48N4O. The summed E-state index contributed by atoms with van der Waals surface area (Å²) in [6, 6.07) is 32.5. The van der Waals surface area contributed by atoms with Gasteiger partial charge in [0, 0.05) is 34.7 Å². The molecule has 5 heteroatoms. The number of aromatic nitrogens is 4. The zero-order valence-corrected chi connectivity index (χ0v) is 30.5. The van der Waals surface area contributed by atoms with Gasteiger partial charge in [0.25, 0.3) is 0 Å². The number of hydrogen-bond acceptors (Lipinski definition) is 3. The van der Waals surface area contributed by atoms with E-state index in [1.54, 1.807) is 0 Å². The Morgan fingerprint density at radius 1 is 0.700 bits per heavy atom. The first-order chi connectivity index (χ1) is 24.3. The van der Waals surface area contributed by atoms with Crippen molar-refractivity contribution in [3.8, 4) is 34.1 Å². The van der Waals surface area contributed by atoms with Gasteiger partial charge in [-0.15, -0.1) is 0 Å². The van der Waals surface area contributed by atoms with Crippen LogP contribution in [0.4, 0.5) is 0 Å². The molecule has 50 heavy (non-hydrogen) atoms. The van der Waals surface area contributed by atoms with E-state index in [-0.39, 0.29) is 0 Å².